The summed E-state index contributed by atoms with van der Waals surface area (Å²) in [6, 6.07) is 0. The average molecular weight is 238 g/mol. The maximum atomic E-state index is 4.44. The van der Waals surface area contributed by atoms with Crippen molar-refractivity contribution in [1.29, 1.82) is 0 Å². The zero-order valence-electron chi connectivity index (χ0n) is 12.0. The first-order valence-corrected chi connectivity index (χ1v) is 6.20. The minimum atomic E-state index is 0.151. The fourth-order valence-electron chi connectivity index (χ4n) is 1.54. The van der Waals surface area contributed by atoms with Gasteiger partial charge in [0.05, 0.1) is 12.7 Å². The first-order chi connectivity index (χ1) is 7.79. The van der Waals surface area contributed by atoms with Crippen LogP contribution >= 0.6 is 0 Å². The second-order valence-corrected chi connectivity index (χ2v) is 5.89. The van der Waals surface area contributed by atoms with Crippen molar-refractivity contribution in [1.82, 2.24) is 20.0 Å². The van der Waals surface area contributed by atoms with Crippen molar-refractivity contribution in [3.63, 3.8) is 0 Å². The van der Waals surface area contributed by atoms with Crippen molar-refractivity contribution >= 4 is 0 Å². The van der Waals surface area contributed by atoms with Gasteiger partial charge in [0.15, 0.2) is 0 Å². The van der Waals surface area contributed by atoms with Gasteiger partial charge in [-0.15, -0.1) is 0 Å². The Morgan fingerprint density at radius 3 is 2.53 bits per heavy atom. The Morgan fingerprint density at radius 2 is 2.00 bits per heavy atom. The molecule has 0 atom stereocenters. The minimum Gasteiger partial charge on any atom is -0.308 e. The molecule has 0 aromatic carbocycles. The van der Waals surface area contributed by atoms with Gasteiger partial charge in [0, 0.05) is 29.9 Å². The number of rotatable bonds is 5. The van der Waals surface area contributed by atoms with Crippen LogP contribution in [0.15, 0.2) is 6.20 Å². The maximum Gasteiger partial charge on any atom is 0.0539 e. The molecule has 0 aliphatic rings. The molecular weight excluding hydrogens is 212 g/mol. The molecule has 0 fully saturated rings. The topological polar surface area (TPSA) is 33.1 Å². The molecule has 1 heterocycles. The van der Waals surface area contributed by atoms with E-state index in [0.29, 0.717) is 0 Å². The Bertz CT molecular complexity index is 347. The predicted octanol–water partition coefficient (Wildman–Crippen LogP) is 1.64. The van der Waals surface area contributed by atoms with E-state index in [4.69, 9.17) is 0 Å². The summed E-state index contributed by atoms with van der Waals surface area (Å²) in [5, 5.41) is 7.93. The summed E-state index contributed by atoms with van der Waals surface area (Å²) < 4.78 is 2.08. The van der Waals surface area contributed by atoms with E-state index in [2.05, 4.69) is 61.8 Å². The molecule has 0 saturated heterocycles. The third kappa shape index (κ3) is 4.88. The molecule has 0 unspecified atom stereocenters. The third-order valence-electron chi connectivity index (χ3n) is 2.77. The van der Waals surface area contributed by atoms with Crippen LogP contribution in [-0.4, -0.2) is 40.9 Å². The van der Waals surface area contributed by atoms with E-state index in [9.17, 15) is 0 Å². The highest BCUT2D eigenvalue weighted by atomic mass is 15.3. The summed E-state index contributed by atoms with van der Waals surface area (Å²) in [6.07, 6.45) is 1.98. The van der Waals surface area contributed by atoms with E-state index in [1.54, 1.807) is 0 Å². The molecule has 0 saturated carbocycles. The summed E-state index contributed by atoms with van der Waals surface area (Å²) in [6.45, 7) is 11.5. The highest BCUT2D eigenvalue weighted by Gasteiger charge is 2.11. The van der Waals surface area contributed by atoms with E-state index >= 15 is 0 Å². The molecule has 4 nitrogen and oxygen atoms in total. The molecule has 98 valence electrons. The molecule has 1 rings (SSSR count). The van der Waals surface area contributed by atoms with Crippen molar-refractivity contribution in [2.24, 2.45) is 0 Å². The fraction of sp³-hybridized carbons (Fsp3) is 0.769. The standard InChI is InChI=1S/C13H26N4/c1-11-12(9-14-13(2,3)4)10-15-17(11)8-7-16(5)6/h10,14H,7-9H2,1-6H3. The Labute approximate surface area is 105 Å². The molecule has 0 aliphatic heterocycles. The Hall–Kier alpha value is -0.870. The summed E-state index contributed by atoms with van der Waals surface area (Å²) in [7, 11) is 4.17. The van der Waals surface area contributed by atoms with Crippen LogP contribution in [0.25, 0.3) is 0 Å². The number of likely N-dealkylation sites (N-methyl/N-ethyl adjacent to an activating group) is 1. The van der Waals surface area contributed by atoms with E-state index in [1.807, 2.05) is 6.20 Å². The van der Waals surface area contributed by atoms with Crippen LogP contribution in [0.3, 0.4) is 0 Å². The van der Waals surface area contributed by atoms with Crippen LogP contribution in [0.2, 0.25) is 0 Å². The van der Waals surface area contributed by atoms with Gasteiger partial charge in [-0.1, -0.05) is 0 Å². The van der Waals surface area contributed by atoms with E-state index < -0.39 is 0 Å². The number of nitrogens with one attached hydrogen (secondary N) is 1. The zero-order chi connectivity index (χ0) is 13.1. The van der Waals surface area contributed by atoms with Crippen molar-refractivity contribution in [2.75, 3.05) is 20.6 Å². The summed E-state index contributed by atoms with van der Waals surface area (Å²) in [5.41, 5.74) is 2.71. The quantitative estimate of drug-likeness (QED) is 0.846. The van der Waals surface area contributed by atoms with Gasteiger partial charge in [-0.25, -0.2) is 0 Å². The van der Waals surface area contributed by atoms with Crippen molar-refractivity contribution in [3.05, 3.63) is 17.5 Å². The number of hydrogen-bond donors (Lipinski definition) is 1. The Morgan fingerprint density at radius 1 is 1.35 bits per heavy atom. The van der Waals surface area contributed by atoms with Gasteiger partial charge in [0.25, 0.3) is 0 Å². The van der Waals surface area contributed by atoms with Crippen LogP contribution in [0.5, 0.6) is 0 Å². The first-order valence-electron chi connectivity index (χ1n) is 6.20. The van der Waals surface area contributed by atoms with Crippen molar-refractivity contribution < 1.29 is 0 Å². The van der Waals surface area contributed by atoms with Gasteiger partial charge in [-0.3, -0.25) is 4.68 Å². The van der Waals surface area contributed by atoms with Crippen molar-refractivity contribution in [3.8, 4) is 0 Å². The smallest absolute Gasteiger partial charge is 0.0539 e. The molecule has 1 N–H and O–H groups in total. The monoisotopic (exact) mass is 238 g/mol. The van der Waals surface area contributed by atoms with Gasteiger partial charge >= 0.3 is 0 Å². The van der Waals surface area contributed by atoms with E-state index in [1.165, 1.54) is 11.3 Å². The Kier molecular flexibility index (Phi) is 4.71. The second-order valence-electron chi connectivity index (χ2n) is 5.89. The van der Waals surface area contributed by atoms with Crippen LogP contribution in [0.1, 0.15) is 32.0 Å². The normalized spacial score (nSPS) is 12.4. The second kappa shape index (κ2) is 5.65. The number of nitrogens with zero attached hydrogens (tertiary/aromatic N) is 3. The predicted molar refractivity (Wildman–Crippen MR) is 72.1 cm³/mol. The molecule has 0 radical (unpaired) electrons. The molecule has 4 heteroatoms. The Balaban J connectivity index is 2.58. The third-order valence-corrected chi connectivity index (χ3v) is 2.77. The lowest BCUT2D eigenvalue weighted by Crippen LogP contribution is -2.35. The summed E-state index contributed by atoms with van der Waals surface area (Å²) in [4.78, 5) is 2.17. The molecule has 0 amide bonds. The van der Waals surface area contributed by atoms with Crippen molar-refractivity contribution in [2.45, 2.75) is 46.3 Å². The first kappa shape index (κ1) is 14.2. The molecule has 17 heavy (non-hydrogen) atoms. The lowest BCUT2D eigenvalue weighted by Gasteiger charge is -2.20. The minimum absolute atomic E-state index is 0.151. The van der Waals surface area contributed by atoms with Gasteiger partial charge in [-0.05, 0) is 41.8 Å². The van der Waals surface area contributed by atoms with Crippen LogP contribution < -0.4 is 5.32 Å². The molecule has 1 aromatic rings. The van der Waals surface area contributed by atoms with Crippen LogP contribution in [0.4, 0.5) is 0 Å². The number of aromatic nitrogens is 2. The van der Waals surface area contributed by atoms with Gasteiger partial charge in [0.1, 0.15) is 0 Å². The van der Waals surface area contributed by atoms with Crippen LogP contribution in [-0.2, 0) is 13.1 Å². The van der Waals surface area contributed by atoms with E-state index in [-0.39, 0.29) is 5.54 Å². The maximum absolute atomic E-state index is 4.44. The van der Waals surface area contributed by atoms with Crippen LogP contribution in [0, 0.1) is 6.92 Å². The summed E-state index contributed by atoms with van der Waals surface area (Å²) >= 11 is 0. The molecular formula is C13H26N4. The van der Waals surface area contributed by atoms with Gasteiger partial charge in [-0.2, -0.15) is 5.10 Å². The average Bonchev–Trinajstić information content (AvgIpc) is 2.52. The number of hydrogen-bond acceptors (Lipinski definition) is 3. The lowest BCUT2D eigenvalue weighted by molar-refractivity contribution is 0.370. The molecule has 1 aromatic heterocycles. The lowest BCUT2D eigenvalue weighted by atomic mass is 10.1. The molecule has 0 spiro atoms. The highest BCUT2D eigenvalue weighted by molar-refractivity contribution is 5.16. The SMILES string of the molecule is Cc1c(CNC(C)(C)C)cnn1CCN(C)C. The van der Waals surface area contributed by atoms with E-state index in [0.717, 1.165) is 19.6 Å². The highest BCUT2D eigenvalue weighted by Crippen LogP contribution is 2.09. The van der Waals surface area contributed by atoms with Gasteiger partial charge < -0.3 is 10.2 Å². The molecule has 0 bridgehead atoms. The van der Waals surface area contributed by atoms with Gasteiger partial charge in [0.2, 0.25) is 0 Å². The summed E-state index contributed by atoms with van der Waals surface area (Å²) in [5.74, 6) is 0. The zero-order valence-corrected chi connectivity index (χ0v) is 12.0. The largest absolute Gasteiger partial charge is 0.308 e. The molecule has 0 aliphatic carbocycles. The fourth-order valence-corrected chi connectivity index (χ4v) is 1.54.